The molecule has 6 heteroatoms. The van der Waals surface area contributed by atoms with Crippen molar-refractivity contribution in [1.29, 1.82) is 0 Å². The number of hydrogen-bond donors (Lipinski definition) is 3. The maximum atomic E-state index is 12.4. The van der Waals surface area contributed by atoms with Crippen LogP contribution in [0.1, 0.15) is 245 Å². The third-order valence-electron chi connectivity index (χ3n) is 10.9. The van der Waals surface area contributed by atoms with Gasteiger partial charge in [0.2, 0.25) is 5.91 Å². The van der Waals surface area contributed by atoms with Crippen molar-refractivity contribution in [2.75, 3.05) is 13.2 Å². The molecular weight excluding hydrogens is 695 g/mol. The number of ether oxygens (including phenoxy) is 1. The summed E-state index contributed by atoms with van der Waals surface area (Å²) in [5, 5.41) is 23.1. The standard InChI is InChI=1S/C50H93NO5/c1-3-5-7-9-11-13-15-17-18-19-21-23-28-32-36-40-44-50(55)56-45-41-37-33-29-25-24-27-31-35-39-43-49(54)51-47(46-52)48(53)42-38-34-30-26-22-20-16-14-12-10-8-6-4-2/h13,15,18-19,25,29,47-48,52-53H,3-12,14,16-17,20-24,26-28,30-46H2,1-2H3,(H,51,54)/b15-13-,19-18-,29-25-. The smallest absolute Gasteiger partial charge is 0.305 e. The summed E-state index contributed by atoms with van der Waals surface area (Å²) >= 11 is 0. The first kappa shape index (κ1) is 54.1. The molecule has 0 aliphatic carbocycles. The highest BCUT2D eigenvalue weighted by atomic mass is 16.5. The van der Waals surface area contributed by atoms with Gasteiger partial charge in [0, 0.05) is 12.8 Å². The van der Waals surface area contributed by atoms with Crippen LogP contribution < -0.4 is 5.32 Å². The summed E-state index contributed by atoms with van der Waals surface area (Å²) in [6.45, 7) is 4.82. The highest BCUT2D eigenvalue weighted by Gasteiger charge is 2.20. The molecular formula is C50H93NO5. The van der Waals surface area contributed by atoms with Crippen LogP contribution in [-0.2, 0) is 14.3 Å². The first-order chi connectivity index (χ1) is 27.5. The zero-order valence-electron chi connectivity index (χ0n) is 37.1. The molecule has 1 amide bonds. The molecule has 0 radical (unpaired) electrons. The number of amides is 1. The topological polar surface area (TPSA) is 95.9 Å². The van der Waals surface area contributed by atoms with E-state index in [0.29, 0.717) is 25.9 Å². The van der Waals surface area contributed by atoms with E-state index in [1.807, 2.05) is 0 Å². The molecule has 0 aromatic heterocycles. The zero-order chi connectivity index (χ0) is 40.8. The van der Waals surface area contributed by atoms with Gasteiger partial charge in [-0.1, -0.05) is 185 Å². The zero-order valence-corrected chi connectivity index (χ0v) is 37.1. The molecule has 328 valence electrons. The lowest BCUT2D eigenvalue weighted by Gasteiger charge is -2.22. The summed E-state index contributed by atoms with van der Waals surface area (Å²) in [6, 6.07) is -0.567. The molecule has 0 aliphatic rings. The van der Waals surface area contributed by atoms with Crippen molar-refractivity contribution < 1.29 is 24.5 Å². The minimum Gasteiger partial charge on any atom is -0.466 e. The summed E-state index contributed by atoms with van der Waals surface area (Å²) in [6.07, 6.45) is 53.9. The number of aliphatic hydroxyl groups is 2. The first-order valence-corrected chi connectivity index (χ1v) is 24.2. The van der Waals surface area contributed by atoms with E-state index in [9.17, 15) is 19.8 Å². The van der Waals surface area contributed by atoms with Crippen LogP contribution >= 0.6 is 0 Å². The number of carbonyl (C=O) groups is 2. The second-order valence-corrected chi connectivity index (χ2v) is 16.4. The molecule has 0 saturated carbocycles. The van der Waals surface area contributed by atoms with Gasteiger partial charge in [0.15, 0.2) is 0 Å². The van der Waals surface area contributed by atoms with E-state index in [1.165, 1.54) is 122 Å². The van der Waals surface area contributed by atoms with Gasteiger partial charge in [0.1, 0.15) is 0 Å². The van der Waals surface area contributed by atoms with Gasteiger partial charge in [0.05, 0.1) is 25.4 Å². The Morgan fingerprint density at radius 3 is 1.39 bits per heavy atom. The number of rotatable bonds is 44. The summed E-state index contributed by atoms with van der Waals surface area (Å²) in [5.41, 5.74) is 0. The van der Waals surface area contributed by atoms with Gasteiger partial charge in [-0.05, 0) is 83.5 Å². The highest BCUT2D eigenvalue weighted by molar-refractivity contribution is 5.76. The molecule has 0 heterocycles. The summed E-state index contributed by atoms with van der Waals surface area (Å²) in [7, 11) is 0. The van der Waals surface area contributed by atoms with Gasteiger partial charge in [0.25, 0.3) is 0 Å². The molecule has 0 rings (SSSR count). The van der Waals surface area contributed by atoms with Crippen LogP contribution in [-0.4, -0.2) is 47.4 Å². The molecule has 0 saturated heterocycles. The number of aliphatic hydroxyl groups excluding tert-OH is 2. The maximum absolute atomic E-state index is 12.4. The lowest BCUT2D eigenvalue weighted by atomic mass is 10.0. The van der Waals surface area contributed by atoms with E-state index in [2.05, 4.69) is 55.6 Å². The fourth-order valence-electron chi connectivity index (χ4n) is 7.13. The van der Waals surface area contributed by atoms with Crippen LogP contribution in [0.3, 0.4) is 0 Å². The number of hydrogen-bond acceptors (Lipinski definition) is 5. The third-order valence-corrected chi connectivity index (χ3v) is 10.9. The minimum atomic E-state index is -0.686. The van der Waals surface area contributed by atoms with Gasteiger partial charge in [-0.25, -0.2) is 0 Å². The number of nitrogens with one attached hydrogen (secondary N) is 1. The largest absolute Gasteiger partial charge is 0.466 e. The monoisotopic (exact) mass is 788 g/mol. The molecule has 0 aromatic rings. The van der Waals surface area contributed by atoms with Gasteiger partial charge in [-0.15, -0.1) is 0 Å². The fourth-order valence-corrected chi connectivity index (χ4v) is 7.13. The number of allylic oxidation sites excluding steroid dienone is 6. The van der Waals surface area contributed by atoms with Crippen molar-refractivity contribution in [3.8, 4) is 0 Å². The molecule has 0 fully saturated rings. The van der Waals surface area contributed by atoms with Gasteiger partial charge in [-0.2, -0.15) is 0 Å². The highest BCUT2D eigenvalue weighted by Crippen LogP contribution is 2.15. The summed E-state index contributed by atoms with van der Waals surface area (Å²) < 4.78 is 5.42. The van der Waals surface area contributed by atoms with E-state index in [0.717, 1.165) is 89.9 Å². The Bertz CT molecular complexity index is 915. The number of esters is 1. The van der Waals surface area contributed by atoms with Crippen molar-refractivity contribution in [2.45, 2.75) is 257 Å². The molecule has 0 spiro atoms. The summed E-state index contributed by atoms with van der Waals surface area (Å²) in [4.78, 5) is 24.4. The van der Waals surface area contributed by atoms with Crippen molar-refractivity contribution in [2.24, 2.45) is 0 Å². The van der Waals surface area contributed by atoms with E-state index in [1.54, 1.807) is 0 Å². The Kier molecular flexibility index (Phi) is 44.2. The Morgan fingerprint density at radius 1 is 0.500 bits per heavy atom. The van der Waals surface area contributed by atoms with Crippen LogP contribution in [0.2, 0.25) is 0 Å². The molecule has 56 heavy (non-hydrogen) atoms. The maximum Gasteiger partial charge on any atom is 0.305 e. The molecule has 3 N–H and O–H groups in total. The quantitative estimate of drug-likeness (QED) is 0.0325. The Labute approximate surface area is 347 Å². The normalized spacial score (nSPS) is 13.0. The Morgan fingerprint density at radius 2 is 0.893 bits per heavy atom. The average Bonchev–Trinajstić information content (AvgIpc) is 3.20. The van der Waals surface area contributed by atoms with Crippen LogP contribution in [0.4, 0.5) is 0 Å². The lowest BCUT2D eigenvalue weighted by Crippen LogP contribution is -2.45. The van der Waals surface area contributed by atoms with Crippen LogP contribution in [0.25, 0.3) is 0 Å². The van der Waals surface area contributed by atoms with Crippen LogP contribution in [0.15, 0.2) is 36.5 Å². The third kappa shape index (κ3) is 41.7. The van der Waals surface area contributed by atoms with Crippen molar-refractivity contribution >= 4 is 11.9 Å². The van der Waals surface area contributed by atoms with E-state index < -0.39 is 12.1 Å². The first-order valence-electron chi connectivity index (χ1n) is 24.2. The summed E-state index contributed by atoms with van der Waals surface area (Å²) in [5.74, 6) is -0.124. The predicted octanol–water partition coefficient (Wildman–Crippen LogP) is 14.1. The molecule has 0 bridgehead atoms. The SMILES string of the molecule is CCCCCC/C=C\C/C=C\CCCCCCCC(=O)OCCCC/C=C\CCCCCCC(=O)NC(CO)C(O)CCCCCCCCCCCCCCC. The Hall–Kier alpha value is -1.92. The van der Waals surface area contributed by atoms with Crippen LogP contribution in [0, 0.1) is 0 Å². The van der Waals surface area contributed by atoms with E-state index in [4.69, 9.17) is 4.74 Å². The molecule has 6 nitrogen and oxygen atoms in total. The second kappa shape index (κ2) is 45.8. The van der Waals surface area contributed by atoms with E-state index >= 15 is 0 Å². The van der Waals surface area contributed by atoms with Gasteiger partial charge < -0.3 is 20.3 Å². The van der Waals surface area contributed by atoms with Crippen LogP contribution in [0.5, 0.6) is 0 Å². The number of unbranched alkanes of at least 4 members (excludes halogenated alkanes) is 27. The lowest BCUT2D eigenvalue weighted by molar-refractivity contribution is -0.143. The molecule has 2 unspecified atom stereocenters. The van der Waals surface area contributed by atoms with E-state index in [-0.39, 0.29) is 18.5 Å². The molecule has 2 atom stereocenters. The van der Waals surface area contributed by atoms with Crippen molar-refractivity contribution in [3.05, 3.63) is 36.5 Å². The predicted molar refractivity (Wildman–Crippen MR) is 241 cm³/mol. The molecule has 0 aliphatic heterocycles. The average molecular weight is 788 g/mol. The minimum absolute atomic E-state index is 0.0506. The molecule has 0 aromatic carbocycles. The fraction of sp³-hybridized carbons (Fsp3) is 0.840. The van der Waals surface area contributed by atoms with Crippen molar-refractivity contribution in [1.82, 2.24) is 5.32 Å². The van der Waals surface area contributed by atoms with Crippen molar-refractivity contribution in [3.63, 3.8) is 0 Å². The van der Waals surface area contributed by atoms with Gasteiger partial charge >= 0.3 is 5.97 Å². The number of carbonyl (C=O) groups excluding carboxylic acids is 2. The Balaban J connectivity index is 3.55. The second-order valence-electron chi connectivity index (χ2n) is 16.4. The van der Waals surface area contributed by atoms with Gasteiger partial charge in [-0.3, -0.25) is 9.59 Å².